The molecule has 3 aliphatic heterocycles. The van der Waals surface area contributed by atoms with Crippen molar-refractivity contribution in [3.63, 3.8) is 0 Å². The fraction of sp³-hybridized carbons (Fsp3) is 0.773. The van der Waals surface area contributed by atoms with E-state index in [0.717, 1.165) is 50.9 Å². The Hall–Kier alpha value is -1.17. The Morgan fingerprint density at radius 3 is 2.63 bits per heavy atom. The van der Waals surface area contributed by atoms with Gasteiger partial charge >= 0.3 is 0 Å². The molecule has 5 nitrogen and oxygen atoms in total. The van der Waals surface area contributed by atoms with E-state index in [-0.39, 0.29) is 5.56 Å². The first-order valence-electron chi connectivity index (χ1n) is 11.2. The van der Waals surface area contributed by atoms with Crippen LogP contribution in [0.15, 0.2) is 16.9 Å². The van der Waals surface area contributed by atoms with E-state index in [1.165, 1.54) is 57.3 Å². The number of rotatable bonds is 3. The predicted octanol–water partition coefficient (Wildman–Crippen LogP) is 2.01. The number of nitrogens with one attached hydrogen (secondary N) is 1. The van der Waals surface area contributed by atoms with Crippen LogP contribution >= 0.6 is 0 Å². The normalized spacial score (nSPS) is 30.2. The minimum Gasteiger partial charge on any atom is -0.316 e. The molecule has 4 heterocycles. The van der Waals surface area contributed by atoms with Gasteiger partial charge in [0, 0.05) is 69.0 Å². The van der Waals surface area contributed by atoms with Crippen molar-refractivity contribution in [1.82, 2.24) is 19.7 Å². The van der Waals surface area contributed by atoms with Gasteiger partial charge in [0.25, 0.3) is 5.56 Å². The number of nitrogens with zero attached hydrogens (tertiary/aromatic N) is 3. The third-order valence-electron chi connectivity index (χ3n) is 7.48. The Balaban J connectivity index is 1.24. The van der Waals surface area contributed by atoms with Gasteiger partial charge in [-0.2, -0.15) is 0 Å². The van der Waals surface area contributed by atoms with E-state index in [4.69, 9.17) is 0 Å². The molecule has 2 atom stereocenters. The van der Waals surface area contributed by atoms with Gasteiger partial charge in [-0.1, -0.05) is 25.3 Å². The number of pyridine rings is 1. The van der Waals surface area contributed by atoms with Crippen molar-refractivity contribution in [2.75, 3.05) is 39.3 Å². The molecule has 3 fully saturated rings. The summed E-state index contributed by atoms with van der Waals surface area (Å²) >= 11 is 0. The average molecular weight is 371 g/mol. The van der Waals surface area contributed by atoms with E-state index in [9.17, 15) is 4.79 Å². The van der Waals surface area contributed by atoms with Crippen molar-refractivity contribution in [1.29, 1.82) is 0 Å². The minimum atomic E-state index is 0.277. The zero-order chi connectivity index (χ0) is 18.2. The molecule has 5 heteroatoms. The number of piperidine rings is 1. The van der Waals surface area contributed by atoms with Crippen LogP contribution in [-0.4, -0.2) is 59.7 Å². The molecule has 1 N–H and O–H groups in total. The zero-order valence-corrected chi connectivity index (χ0v) is 16.5. The summed E-state index contributed by atoms with van der Waals surface area (Å²) in [5, 5.41) is 3.53. The molecular weight excluding hydrogens is 336 g/mol. The monoisotopic (exact) mass is 370 g/mol. The van der Waals surface area contributed by atoms with Crippen LogP contribution in [0.3, 0.4) is 0 Å². The molecule has 1 aromatic rings. The maximum absolute atomic E-state index is 13.1. The molecule has 2 bridgehead atoms. The van der Waals surface area contributed by atoms with E-state index in [2.05, 4.69) is 31.8 Å². The molecule has 1 aromatic heterocycles. The van der Waals surface area contributed by atoms with Crippen LogP contribution in [0.1, 0.15) is 55.7 Å². The third-order valence-corrected chi connectivity index (χ3v) is 7.48. The number of piperazine rings is 1. The fourth-order valence-electron chi connectivity index (χ4n) is 5.93. The number of aromatic nitrogens is 1. The van der Waals surface area contributed by atoms with E-state index >= 15 is 0 Å². The van der Waals surface area contributed by atoms with Gasteiger partial charge in [-0.25, -0.2) is 0 Å². The van der Waals surface area contributed by atoms with Crippen molar-refractivity contribution in [3.05, 3.63) is 33.7 Å². The molecule has 0 radical (unpaired) electrons. The highest BCUT2D eigenvalue weighted by atomic mass is 16.1. The summed E-state index contributed by atoms with van der Waals surface area (Å²) in [6.07, 6.45) is 8.28. The second kappa shape index (κ2) is 7.69. The van der Waals surface area contributed by atoms with E-state index < -0.39 is 0 Å². The van der Waals surface area contributed by atoms with Crippen molar-refractivity contribution in [3.8, 4) is 0 Å². The van der Waals surface area contributed by atoms with Crippen LogP contribution in [0.5, 0.6) is 0 Å². The Kier molecular flexibility index (Phi) is 5.09. The molecule has 1 saturated carbocycles. The summed E-state index contributed by atoms with van der Waals surface area (Å²) in [5.41, 5.74) is 2.53. The van der Waals surface area contributed by atoms with Crippen molar-refractivity contribution in [2.45, 2.75) is 63.6 Å². The Morgan fingerprint density at radius 2 is 1.81 bits per heavy atom. The van der Waals surface area contributed by atoms with Crippen molar-refractivity contribution < 1.29 is 0 Å². The lowest BCUT2D eigenvalue weighted by molar-refractivity contribution is 0.0751. The first kappa shape index (κ1) is 17.9. The lowest BCUT2D eigenvalue weighted by Crippen LogP contribution is -2.51. The highest BCUT2D eigenvalue weighted by Gasteiger charge is 2.31. The Bertz CT molecular complexity index is 716. The third kappa shape index (κ3) is 3.62. The standard InChI is InChI=1S/C22H34N4O/c27-22-18(6-7-21-19-12-17(13-23-14-19)15-26(21)22)16-24-8-10-25(11-9-24)20-4-2-1-3-5-20/h6-7,17,19-20,23H,1-5,8-16H2/t17-,19+/m0/s1. The molecule has 0 unspecified atom stereocenters. The average Bonchev–Trinajstić information content (AvgIpc) is 2.72. The molecule has 27 heavy (non-hydrogen) atoms. The van der Waals surface area contributed by atoms with Gasteiger partial charge in [-0.15, -0.1) is 0 Å². The second-order valence-corrected chi connectivity index (χ2v) is 9.26. The van der Waals surface area contributed by atoms with Gasteiger partial charge < -0.3 is 9.88 Å². The fourth-order valence-corrected chi connectivity index (χ4v) is 5.93. The molecule has 0 aromatic carbocycles. The molecule has 5 rings (SSSR count). The van der Waals surface area contributed by atoms with E-state index in [1.54, 1.807) is 0 Å². The first-order chi connectivity index (χ1) is 13.3. The largest absolute Gasteiger partial charge is 0.316 e. The van der Waals surface area contributed by atoms with Gasteiger partial charge in [0.1, 0.15) is 0 Å². The van der Waals surface area contributed by atoms with Crippen LogP contribution in [0.4, 0.5) is 0 Å². The van der Waals surface area contributed by atoms with Crippen LogP contribution < -0.4 is 10.9 Å². The number of hydrogen-bond acceptors (Lipinski definition) is 4. The summed E-state index contributed by atoms with van der Waals surface area (Å²) in [6, 6.07) is 5.18. The quantitative estimate of drug-likeness (QED) is 0.884. The van der Waals surface area contributed by atoms with Crippen LogP contribution in [0.25, 0.3) is 0 Å². The van der Waals surface area contributed by atoms with Crippen LogP contribution in [-0.2, 0) is 13.1 Å². The molecular formula is C22H34N4O. The smallest absolute Gasteiger partial charge is 0.255 e. The summed E-state index contributed by atoms with van der Waals surface area (Å²) in [5.74, 6) is 1.15. The van der Waals surface area contributed by atoms with Gasteiger partial charge in [0.2, 0.25) is 0 Å². The molecule has 2 saturated heterocycles. The Labute approximate surface area is 162 Å². The lowest BCUT2D eigenvalue weighted by Gasteiger charge is -2.41. The van der Waals surface area contributed by atoms with Gasteiger partial charge in [-0.3, -0.25) is 14.6 Å². The topological polar surface area (TPSA) is 40.5 Å². The molecule has 4 aliphatic rings. The summed E-state index contributed by atoms with van der Waals surface area (Å²) in [6.45, 7) is 8.37. The maximum atomic E-state index is 13.1. The van der Waals surface area contributed by atoms with Gasteiger partial charge in [0.15, 0.2) is 0 Å². The lowest BCUT2D eigenvalue weighted by atomic mass is 9.84. The summed E-state index contributed by atoms with van der Waals surface area (Å²) in [7, 11) is 0. The molecule has 148 valence electrons. The van der Waals surface area contributed by atoms with Crippen molar-refractivity contribution in [2.24, 2.45) is 5.92 Å². The van der Waals surface area contributed by atoms with Crippen LogP contribution in [0.2, 0.25) is 0 Å². The highest BCUT2D eigenvalue weighted by molar-refractivity contribution is 5.22. The zero-order valence-electron chi connectivity index (χ0n) is 16.5. The SMILES string of the molecule is O=c1c(CN2CCN(C3CCCCC3)CC2)ccc2n1C[C@@H]1CNC[C@H]2C1. The molecule has 0 spiro atoms. The van der Waals surface area contributed by atoms with E-state index in [1.807, 2.05) is 0 Å². The Morgan fingerprint density at radius 1 is 1.00 bits per heavy atom. The first-order valence-corrected chi connectivity index (χ1v) is 11.2. The van der Waals surface area contributed by atoms with Crippen molar-refractivity contribution >= 4 is 0 Å². The number of fused-ring (bicyclic) bond motifs is 4. The maximum Gasteiger partial charge on any atom is 0.255 e. The van der Waals surface area contributed by atoms with Gasteiger partial charge in [-0.05, 0) is 37.8 Å². The highest BCUT2D eigenvalue weighted by Crippen LogP contribution is 2.31. The molecule has 0 amide bonds. The van der Waals surface area contributed by atoms with Gasteiger partial charge in [0.05, 0.1) is 0 Å². The number of hydrogen-bond donors (Lipinski definition) is 1. The summed E-state index contributed by atoms with van der Waals surface area (Å²) < 4.78 is 2.10. The molecule has 1 aliphatic carbocycles. The van der Waals surface area contributed by atoms with Crippen LogP contribution in [0, 0.1) is 5.92 Å². The second-order valence-electron chi connectivity index (χ2n) is 9.26. The predicted molar refractivity (Wildman–Crippen MR) is 108 cm³/mol. The summed E-state index contributed by atoms with van der Waals surface area (Å²) in [4.78, 5) is 18.3. The van der Waals surface area contributed by atoms with E-state index in [0.29, 0.717) is 11.8 Å². The minimum absolute atomic E-state index is 0.277.